The molecule has 1 amide bonds. The summed E-state index contributed by atoms with van der Waals surface area (Å²) in [5.41, 5.74) is 1.79. The van der Waals surface area contributed by atoms with Crippen LogP contribution in [0.2, 0.25) is 5.02 Å². The molecule has 7 heteroatoms. The molecule has 0 saturated carbocycles. The fourth-order valence-corrected chi connectivity index (χ4v) is 2.53. The summed E-state index contributed by atoms with van der Waals surface area (Å²) in [6.07, 6.45) is 0. The predicted octanol–water partition coefficient (Wildman–Crippen LogP) is 2.57. The summed E-state index contributed by atoms with van der Waals surface area (Å²) in [7, 11) is 1.58. The Kier molecular flexibility index (Phi) is 4.57. The summed E-state index contributed by atoms with van der Waals surface area (Å²) >= 11 is 5.87. The Bertz CT molecular complexity index is 945. The van der Waals surface area contributed by atoms with Crippen molar-refractivity contribution in [1.29, 1.82) is 0 Å². The van der Waals surface area contributed by atoms with Gasteiger partial charge in [0.2, 0.25) is 5.91 Å². The van der Waals surface area contributed by atoms with Crippen molar-refractivity contribution in [3.05, 3.63) is 63.6 Å². The number of oxazole rings is 1. The van der Waals surface area contributed by atoms with Crippen molar-refractivity contribution in [2.75, 3.05) is 7.11 Å². The maximum atomic E-state index is 12.1. The normalized spacial score (nSPS) is 10.8. The van der Waals surface area contributed by atoms with Gasteiger partial charge in [-0.15, -0.1) is 0 Å². The highest BCUT2D eigenvalue weighted by Gasteiger charge is 2.13. The van der Waals surface area contributed by atoms with E-state index >= 15 is 0 Å². The number of hydrogen-bond acceptors (Lipinski definition) is 4. The molecule has 0 aliphatic rings. The first-order valence-corrected chi connectivity index (χ1v) is 7.63. The van der Waals surface area contributed by atoms with Crippen molar-refractivity contribution in [1.82, 2.24) is 9.88 Å². The molecule has 124 valence electrons. The van der Waals surface area contributed by atoms with Crippen molar-refractivity contribution in [2.45, 2.75) is 13.1 Å². The molecule has 0 atom stereocenters. The van der Waals surface area contributed by atoms with Gasteiger partial charge < -0.3 is 14.5 Å². The molecular weight excluding hydrogens is 332 g/mol. The van der Waals surface area contributed by atoms with Gasteiger partial charge in [0.1, 0.15) is 12.3 Å². The van der Waals surface area contributed by atoms with E-state index < -0.39 is 5.76 Å². The van der Waals surface area contributed by atoms with Crippen molar-refractivity contribution >= 4 is 28.6 Å². The Morgan fingerprint density at radius 2 is 2.12 bits per heavy atom. The third-order valence-electron chi connectivity index (χ3n) is 3.56. The van der Waals surface area contributed by atoms with Crippen LogP contribution in [0.4, 0.5) is 0 Å². The summed E-state index contributed by atoms with van der Waals surface area (Å²) in [5.74, 6) is -0.169. The minimum Gasteiger partial charge on any atom is -0.497 e. The van der Waals surface area contributed by atoms with Crippen molar-refractivity contribution in [3.8, 4) is 5.75 Å². The van der Waals surface area contributed by atoms with Crippen LogP contribution in [-0.2, 0) is 17.9 Å². The van der Waals surface area contributed by atoms with E-state index in [4.69, 9.17) is 20.8 Å². The zero-order chi connectivity index (χ0) is 17.1. The Morgan fingerprint density at radius 3 is 2.92 bits per heavy atom. The molecule has 0 radical (unpaired) electrons. The van der Waals surface area contributed by atoms with Gasteiger partial charge in [-0.25, -0.2) is 4.79 Å². The first-order valence-electron chi connectivity index (χ1n) is 7.25. The number of rotatable bonds is 5. The van der Waals surface area contributed by atoms with E-state index in [-0.39, 0.29) is 12.5 Å². The van der Waals surface area contributed by atoms with Gasteiger partial charge in [0.15, 0.2) is 5.58 Å². The first kappa shape index (κ1) is 16.1. The number of carbonyl (C=O) groups is 1. The van der Waals surface area contributed by atoms with Gasteiger partial charge in [-0.2, -0.15) is 0 Å². The van der Waals surface area contributed by atoms with Gasteiger partial charge in [0.25, 0.3) is 0 Å². The number of halogens is 1. The van der Waals surface area contributed by atoms with Crippen LogP contribution in [0.1, 0.15) is 5.56 Å². The molecule has 0 saturated heterocycles. The van der Waals surface area contributed by atoms with Crippen LogP contribution >= 0.6 is 11.6 Å². The molecule has 0 aliphatic heterocycles. The average molecular weight is 347 g/mol. The molecule has 24 heavy (non-hydrogen) atoms. The summed E-state index contributed by atoms with van der Waals surface area (Å²) in [5, 5.41) is 3.23. The Labute approximate surface area is 142 Å². The van der Waals surface area contributed by atoms with Gasteiger partial charge >= 0.3 is 5.76 Å². The molecule has 1 aromatic heterocycles. The zero-order valence-electron chi connectivity index (χ0n) is 12.9. The highest BCUT2D eigenvalue weighted by molar-refractivity contribution is 6.31. The number of carbonyl (C=O) groups excluding carboxylic acids is 1. The summed E-state index contributed by atoms with van der Waals surface area (Å²) < 4.78 is 11.5. The Morgan fingerprint density at radius 1 is 1.29 bits per heavy atom. The summed E-state index contributed by atoms with van der Waals surface area (Å²) in [6.45, 7) is 0.212. The van der Waals surface area contributed by atoms with E-state index in [1.165, 1.54) is 4.57 Å². The lowest BCUT2D eigenvalue weighted by Gasteiger charge is -2.07. The second-order valence-corrected chi connectivity index (χ2v) is 5.63. The van der Waals surface area contributed by atoms with Crippen molar-refractivity contribution < 1.29 is 13.9 Å². The lowest BCUT2D eigenvalue weighted by molar-refractivity contribution is -0.121. The maximum Gasteiger partial charge on any atom is 0.420 e. The van der Waals surface area contributed by atoms with E-state index in [1.807, 2.05) is 24.3 Å². The van der Waals surface area contributed by atoms with Gasteiger partial charge in [-0.3, -0.25) is 9.36 Å². The molecule has 6 nitrogen and oxygen atoms in total. The zero-order valence-corrected chi connectivity index (χ0v) is 13.7. The van der Waals surface area contributed by atoms with Crippen LogP contribution in [0.25, 0.3) is 11.1 Å². The van der Waals surface area contributed by atoms with E-state index in [1.54, 1.807) is 25.3 Å². The quantitative estimate of drug-likeness (QED) is 0.770. The first-order chi connectivity index (χ1) is 11.6. The second-order valence-electron chi connectivity index (χ2n) is 5.19. The summed E-state index contributed by atoms with van der Waals surface area (Å²) in [4.78, 5) is 24.0. The van der Waals surface area contributed by atoms with Crippen LogP contribution in [-0.4, -0.2) is 17.6 Å². The van der Waals surface area contributed by atoms with Crippen molar-refractivity contribution in [3.63, 3.8) is 0 Å². The lowest BCUT2D eigenvalue weighted by Crippen LogP contribution is -2.30. The number of benzene rings is 2. The Hall–Kier alpha value is -2.73. The average Bonchev–Trinajstić information content (AvgIpc) is 2.88. The highest BCUT2D eigenvalue weighted by Crippen LogP contribution is 2.18. The lowest BCUT2D eigenvalue weighted by atomic mass is 10.2. The van der Waals surface area contributed by atoms with Gasteiger partial charge in [0, 0.05) is 17.6 Å². The maximum absolute atomic E-state index is 12.1. The molecule has 0 fully saturated rings. The molecule has 0 bridgehead atoms. The molecule has 1 N–H and O–H groups in total. The summed E-state index contributed by atoms with van der Waals surface area (Å²) in [6, 6.07) is 12.2. The number of fused-ring (bicyclic) bond motifs is 1. The Balaban J connectivity index is 1.71. The standard InChI is InChI=1S/C17H15ClN2O4/c1-23-13-4-2-3-11(7-13)9-19-16(21)10-20-14-6-5-12(18)8-15(14)24-17(20)22/h2-8H,9-10H2,1H3,(H,19,21). The number of nitrogens with one attached hydrogen (secondary N) is 1. The molecule has 2 aromatic carbocycles. The minimum atomic E-state index is -0.594. The molecule has 3 aromatic rings. The van der Waals surface area contributed by atoms with E-state index in [2.05, 4.69) is 5.32 Å². The van der Waals surface area contributed by atoms with Crippen LogP contribution < -0.4 is 15.8 Å². The molecular formula is C17H15ClN2O4. The topological polar surface area (TPSA) is 73.5 Å². The van der Waals surface area contributed by atoms with Crippen LogP contribution in [0, 0.1) is 0 Å². The van der Waals surface area contributed by atoms with Gasteiger partial charge in [0.05, 0.1) is 12.6 Å². The van der Waals surface area contributed by atoms with E-state index in [0.29, 0.717) is 22.7 Å². The van der Waals surface area contributed by atoms with Crippen LogP contribution in [0.3, 0.4) is 0 Å². The number of methoxy groups -OCH3 is 1. The molecule has 3 rings (SSSR count). The second kappa shape index (κ2) is 6.80. The molecule has 0 spiro atoms. The van der Waals surface area contributed by atoms with E-state index in [9.17, 15) is 9.59 Å². The number of hydrogen-bond donors (Lipinski definition) is 1. The molecule has 0 aliphatic carbocycles. The number of amides is 1. The molecule has 0 unspecified atom stereocenters. The highest BCUT2D eigenvalue weighted by atomic mass is 35.5. The van der Waals surface area contributed by atoms with Gasteiger partial charge in [-0.1, -0.05) is 23.7 Å². The number of ether oxygens (including phenoxy) is 1. The SMILES string of the molecule is COc1cccc(CNC(=O)Cn2c(=O)oc3cc(Cl)ccc32)c1. The van der Waals surface area contributed by atoms with Gasteiger partial charge in [-0.05, 0) is 29.8 Å². The smallest absolute Gasteiger partial charge is 0.420 e. The fourth-order valence-electron chi connectivity index (χ4n) is 2.37. The minimum absolute atomic E-state index is 0.128. The third kappa shape index (κ3) is 3.44. The fraction of sp³-hybridized carbons (Fsp3) is 0.176. The van der Waals surface area contributed by atoms with Crippen LogP contribution in [0.15, 0.2) is 51.7 Å². The largest absolute Gasteiger partial charge is 0.497 e. The number of aromatic nitrogens is 1. The van der Waals surface area contributed by atoms with Crippen molar-refractivity contribution in [2.24, 2.45) is 0 Å². The van der Waals surface area contributed by atoms with E-state index in [0.717, 1.165) is 11.3 Å². The predicted molar refractivity (Wildman–Crippen MR) is 90.3 cm³/mol. The monoisotopic (exact) mass is 346 g/mol. The number of nitrogens with zero attached hydrogens (tertiary/aromatic N) is 1. The third-order valence-corrected chi connectivity index (χ3v) is 3.79. The van der Waals surface area contributed by atoms with Crippen LogP contribution in [0.5, 0.6) is 5.75 Å². The molecule has 1 heterocycles.